The molecule has 0 amide bonds. The number of hydrogen-bond acceptors (Lipinski definition) is 6. The highest BCUT2D eigenvalue weighted by Crippen LogP contribution is 2.23. The predicted octanol–water partition coefficient (Wildman–Crippen LogP) is 1.65. The van der Waals surface area contributed by atoms with E-state index in [-0.39, 0.29) is 0 Å². The number of ether oxygens (including phenoxy) is 1. The second kappa shape index (κ2) is 6.09. The summed E-state index contributed by atoms with van der Waals surface area (Å²) >= 11 is 0. The van der Waals surface area contributed by atoms with E-state index in [0.29, 0.717) is 5.56 Å². The topological polar surface area (TPSA) is 101 Å². The molecular weight excluding hydrogens is 288 g/mol. The number of aliphatic hydroxyl groups is 2. The molecule has 0 aliphatic heterocycles. The van der Waals surface area contributed by atoms with Gasteiger partial charge in [-0.2, -0.15) is 0 Å². The number of aliphatic hydroxyl groups excluding tert-OH is 2. The molecule has 0 unspecified atom stereocenters. The number of carbonyl (C=O) groups is 3. The molecule has 0 aromatic heterocycles. The maximum atomic E-state index is 12.0. The molecule has 0 bridgehead atoms. The van der Waals surface area contributed by atoms with Crippen molar-refractivity contribution in [1.29, 1.82) is 0 Å². The van der Waals surface area contributed by atoms with Gasteiger partial charge in [-0.15, -0.1) is 0 Å². The zero-order valence-electron chi connectivity index (χ0n) is 11.6. The standard InChI is InChI=1S/C16H12O6/c1-22-16-14(20)12(18)11(13(19)15(16)21)10(17)8-7-9-5-3-2-4-6-9/h2-8,18,21H,1H3. The molecule has 0 saturated heterocycles. The molecule has 6 heteroatoms. The highest BCUT2D eigenvalue weighted by Gasteiger charge is 2.38. The van der Waals surface area contributed by atoms with E-state index in [9.17, 15) is 24.6 Å². The Balaban J connectivity index is 2.34. The minimum atomic E-state index is -1.16. The lowest BCUT2D eigenvalue weighted by atomic mass is 9.94. The van der Waals surface area contributed by atoms with Gasteiger partial charge in [0.1, 0.15) is 5.57 Å². The zero-order valence-corrected chi connectivity index (χ0v) is 11.6. The summed E-state index contributed by atoms with van der Waals surface area (Å²) in [6.07, 6.45) is 2.46. The predicted molar refractivity (Wildman–Crippen MR) is 76.8 cm³/mol. The molecule has 0 atom stereocenters. The minimum absolute atomic E-state index is 0.689. The number of hydrogen-bond donors (Lipinski definition) is 2. The SMILES string of the molecule is COC1=C(O)C(=O)C(C(=O)C=Cc2ccccc2)=C(O)C1=O. The molecule has 22 heavy (non-hydrogen) atoms. The van der Waals surface area contributed by atoms with Crippen molar-refractivity contribution in [2.75, 3.05) is 7.11 Å². The van der Waals surface area contributed by atoms with Crippen LogP contribution in [0.2, 0.25) is 0 Å². The van der Waals surface area contributed by atoms with Gasteiger partial charge in [0.15, 0.2) is 11.5 Å². The van der Waals surface area contributed by atoms with E-state index in [1.807, 2.05) is 0 Å². The number of allylic oxidation sites excluding steroid dienone is 2. The zero-order chi connectivity index (χ0) is 16.3. The molecule has 1 aromatic rings. The lowest BCUT2D eigenvalue weighted by Gasteiger charge is -2.14. The average molecular weight is 300 g/mol. The quantitative estimate of drug-likeness (QED) is 0.498. The van der Waals surface area contributed by atoms with Crippen molar-refractivity contribution < 1.29 is 29.3 Å². The molecule has 2 N–H and O–H groups in total. The van der Waals surface area contributed by atoms with Crippen LogP contribution < -0.4 is 0 Å². The van der Waals surface area contributed by atoms with Gasteiger partial charge < -0.3 is 14.9 Å². The van der Waals surface area contributed by atoms with Crippen molar-refractivity contribution in [3.8, 4) is 0 Å². The molecule has 0 spiro atoms. The Hall–Kier alpha value is -3.15. The maximum Gasteiger partial charge on any atom is 0.266 e. The smallest absolute Gasteiger partial charge is 0.266 e. The summed E-state index contributed by atoms with van der Waals surface area (Å²) in [5, 5.41) is 19.3. The third kappa shape index (κ3) is 2.67. The summed E-state index contributed by atoms with van der Waals surface area (Å²) in [6.45, 7) is 0. The number of benzene rings is 1. The Labute approximate surface area is 125 Å². The highest BCUT2D eigenvalue weighted by atomic mass is 16.5. The third-order valence-electron chi connectivity index (χ3n) is 2.99. The van der Waals surface area contributed by atoms with E-state index in [2.05, 4.69) is 4.74 Å². The fourth-order valence-electron chi connectivity index (χ4n) is 1.90. The summed E-state index contributed by atoms with van der Waals surface area (Å²) in [5.74, 6) is -5.88. The van der Waals surface area contributed by atoms with E-state index in [1.165, 1.54) is 6.08 Å². The van der Waals surface area contributed by atoms with Crippen molar-refractivity contribution in [3.05, 3.63) is 64.8 Å². The fourth-order valence-corrected chi connectivity index (χ4v) is 1.90. The first-order chi connectivity index (χ1) is 10.5. The number of methoxy groups -OCH3 is 1. The van der Waals surface area contributed by atoms with Gasteiger partial charge in [-0.25, -0.2) is 0 Å². The highest BCUT2D eigenvalue weighted by molar-refractivity contribution is 6.36. The van der Waals surface area contributed by atoms with Gasteiger partial charge in [0, 0.05) is 0 Å². The lowest BCUT2D eigenvalue weighted by molar-refractivity contribution is -0.125. The van der Waals surface area contributed by atoms with Crippen LogP contribution >= 0.6 is 0 Å². The number of Topliss-reactive ketones (excluding diaryl/α,β-unsaturated/α-hetero) is 2. The Morgan fingerprint density at radius 1 is 1.05 bits per heavy atom. The molecule has 0 fully saturated rings. The van der Waals surface area contributed by atoms with Gasteiger partial charge in [-0.05, 0) is 11.6 Å². The molecule has 1 aliphatic rings. The molecule has 6 nitrogen and oxygen atoms in total. The lowest BCUT2D eigenvalue weighted by Crippen LogP contribution is -2.28. The first-order valence-corrected chi connectivity index (χ1v) is 6.24. The maximum absolute atomic E-state index is 12.0. The van der Waals surface area contributed by atoms with Gasteiger partial charge in [0.25, 0.3) is 5.78 Å². The molecule has 0 heterocycles. The number of rotatable bonds is 4. The van der Waals surface area contributed by atoms with Crippen LogP contribution in [0.15, 0.2) is 59.3 Å². The van der Waals surface area contributed by atoms with Crippen LogP contribution in [0.4, 0.5) is 0 Å². The van der Waals surface area contributed by atoms with Crippen molar-refractivity contribution in [2.24, 2.45) is 0 Å². The molecule has 0 radical (unpaired) electrons. The van der Waals surface area contributed by atoms with E-state index in [1.54, 1.807) is 30.3 Å². The van der Waals surface area contributed by atoms with Crippen LogP contribution in [0.25, 0.3) is 6.08 Å². The minimum Gasteiger partial charge on any atom is -0.503 e. The van der Waals surface area contributed by atoms with Gasteiger partial charge in [-0.1, -0.05) is 36.4 Å². The van der Waals surface area contributed by atoms with Crippen LogP contribution in [0.5, 0.6) is 0 Å². The van der Waals surface area contributed by atoms with E-state index in [0.717, 1.165) is 13.2 Å². The van der Waals surface area contributed by atoms with E-state index < -0.39 is 40.2 Å². The monoisotopic (exact) mass is 300 g/mol. The second-order valence-corrected chi connectivity index (χ2v) is 4.37. The molecule has 2 rings (SSSR count). The first-order valence-electron chi connectivity index (χ1n) is 6.24. The Kier molecular flexibility index (Phi) is 4.22. The summed E-state index contributed by atoms with van der Waals surface area (Å²) in [6, 6.07) is 8.77. The first kappa shape index (κ1) is 15.2. The van der Waals surface area contributed by atoms with Crippen LogP contribution in [-0.4, -0.2) is 34.7 Å². The van der Waals surface area contributed by atoms with Gasteiger partial charge in [0.2, 0.25) is 17.3 Å². The Bertz CT molecular complexity index is 737. The van der Waals surface area contributed by atoms with Crippen LogP contribution in [0, 0.1) is 0 Å². The molecular formula is C16H12O6. The van der Waals surface area contributed by atoms with Crippen LogP contribution in [0.1, 0.15) is 5.56 Å². The summed E-state index contributed by atoms with van der Waals surface area (Å²) < 4.78 is 4.55. The summed E-state index contributed by atoms with van der Waals surface area (Å²) in [4.78, 5) is 35.6. The van der Waals surface area contributed by atoms with E-state index in [4.69, 9.17) is 0 Å². The number of ketones is 3. The fraction of sp³-hybridized carbons (Fsp3) is 0.0625. The summed E-state index contributed by atoms with van der Waals surface area (Å²) in [5.41, 5.74) is -0.0849. The van der Waals surface area contributed by atoms with Crippen LogP contribution in [0.3, 0.4) is 0 Å². The molecule has 1 aromatic carbocycles. The van der Waals surface area contributed by atoms with Crippen molar-refractivity contribution in [2.45, 2.75) is 0 Å². The Morgan fingerprint density at radius 3 is 2.27 bits per heavy atom. The second-order valence-electron chi connectivity index (χ2n) is 4.37. The van der Waals surface area contributed by atoms with E-state index >= 15 is 0 Å². The van der Waals surface area contributed by atoms with Gasteiger partial charge in [0.05, 0.1) is 7.11 Å². The van der Waals surface area contributed by atoms with Crippen LogP contribution in [-0.2, 0) is 19.1 Å². The average Bonchev–Trinajstić information content (AvgIpc) is 2.53. The van der Waals surface area contributed by atoms with Crippen molar-refractivity contribution in [3.63, 3.8) is 0 Å². The normalized spacial score (nSPS) is 15.7. The summed E-state index contributed by atoms with van der Waals surface area (Å²) in [7, 11) is 1.06. The molecule has 0 saturated carbocycles. The Morgan fingerprint density at radius 2 is 1.68 bits per heavy atom. The third-order valence-corrected chi connectivity index (χ3v) is 2.99. The largest absolute Gasteiger partial charge is 0.503 e. The van der Waals surface area contributed by atoms with Gasteiger partial charge >= 0.3 is 0 Å². The van der Waals surface area contributed by atoms with Crippen molar-refractivity contribution in [1.82, 2.24) is 0 Å². The molecule has 112 valence electrons. The molecule has 1 aliphatic carbocycles. The van der Waals surface area contributed by atoms with Gasteiger partial charge in [-0.3, -0.25) is 14.4 Å². The number of carbonyl (C=O) groups excluding carboxylic acids is 3. The van der Waals surface area contributed by atoms with Crippen molar-refractivity contribution >= 4 is 23.4 Å².